The minimum atomic E-state index is -0.203. The maximum atomic E-state index is 12.0. The summed E-state index contributed by atoms with van der Waals surface area (Å²) >= 11 is 5.84. The molecule has 2 aromatic rings. The van der Waals surface area contributed by atoms with E-state index in [0.717, 1.165) is 5.69 Å². The molecule has 1 amide bonds. The van der Waals surface area contributed by atoms with E-state index in [1.807, 2.05) is 26.0 Å². The van der Waals surface area contributed by atoms with Gasteiger partial charge in [-0.2, -0.15) is 0 Å². The molecular formula is C15H17ClN4O. The fourth-order valence-electron chi connectivity index (χ4n) is 1.62. The maximum absolute atomic E-state index is 12.0. The van der Waals surface area contributed by atoms with Gasteiger partial charge in [0.05, 0.1) is 0 Å². The number of amides is 1. The molecule has 0 unspecified atom stereocenters. The number of nitrogens with one attached hydrogen (secondary N) is 2. The van der Waals surface area contributed by atoms with Crippen molar-refractivity contribution >= 4 is 29.0 Å². The Bertz CT molecular complexity index is 613. The Hall–Kier alpha value is -2.14. The van der Waals surface area contributed by atoms with Crippen LogP contribution in [0.1, 0.15) is 24.3 Å². The molecule has 110 valence electrons. The Balaban J connectivity index is 2.06. The summed E-state index contributed by atoms with van der Waals surface area (Å²) in [4.78, 5) is 20.0. The first-order chi connectivity index (χ1) is 10.0. The van der Waals surface area contributed by atoms with E-state index in [1.54, 1.807) is 18.2 Å². The van der Waals surface area contributed by atoms with Gasteiger partial charge >= 0.3 is 0 Å². The average Bonchev–Trinajstić information content (AvgIpc) is 2.47. The normalized spacial score (nSPS) is 10.5. The molecule has 0 spiro atoms. The van der Waals surface area contributed by atoms with Gasteiger partial charge in [-0.05, 0) is 30.2 Å². The molecule has 0 atom stereocenters. The van der Waals surface area contributed by atoms with Crippen LogP contribution in [0, 0.1) is 5.92 Å². The summed E-state index contributed by atoms with van der Waals surface area (Å²) in [6.07, 6.45) is 1.36. The van der Waals surface area contributed by atoms with Crippen LogP contribution in [0.15, 0.2) is 36.7 Å². The highest BCUT2D eigenvalue weighted by molar-refractivity contribution is 6.30. The van der Waals surface area contributed by atoms with Crippen molar-refractivity contribution in [1.82, 2.24) is 15.3 Å². The summed E-state index contributed by atoms with van der Waals surface area (Å²) in [6, 6.07) is 8.85. The van der Waals surface area contributed by atoms with Crippen LogP contribution in [0.3, 0.4) is 0 Å². The maximum Gasteiger partial charge on any atom is 0.270 e. The van der Waals surface area contributed by atoms with Gasteiger partial charge in [0.15, 0.2) is 0 Å². The van der Waals surface area contributed by atoms with Crippen molar-refractivity contribution in [1.29, 1.82) is 0 Å². The molecule has 0 aliphatic heterocycles. The van der Waals surface area contributed by atoms with Crippen LogP contribution in [-0.2, 0) is 0 Å². The van der Waals surface area contributed by atoms with E-state index in [4.69, 9.17) is 11.6 Å². The third-order valence-corrected chi connectivity index (χ3v) is 2.94. The van der Waals surface area contributed by atoms with Gasteiger partial charge in [-0.25, -0.2) is 9.97 Å². The zero-order valence-electron chi connectivity index (χ0n) is 11.9. The van der Waals surface area contributed by atoms with E-state index in [2.05, 4.69) is 20.6 Å². The second kappa shape index (κ2) is 7.04. The predicted octanol–water partition coefficient (Wildman–Crippen LogP) is 3.26. The number of anilines is 2. The molecule has 0 saturated carbocycles. The average molecular weight is 305 g/mol. The predicted molar refractivity (Wildman–Crippen MR) is 83.9 cm³/mol. The lowest BCUT2D eigenvalue weighted by molar-refractivity contribution is 0.0944. The molecule has 1 aromatic heterocycles. The summed E-state index contributed by atoms with van der Waals surface area (Å²) in [5.74, 6) is 0.745. The lowest BCUT2D eigenvalue weighted by Crippen LogP contribution is -2.28. The summed E-state index contributed by atoms with van der Waals surface area (Å²) in [7, 11) is 0. The Morgan fingerprint density at radius 1 is 1.24 bits per heavy atom. The second-order valence-electron chi connectivity index (χ2n) is 5.02. The summed E-state index contributed by atoms with van der Waals surface area (Å²) in [5, 5.41) is 6.59. The molecule has 0 saturated heterocycles. The molecular weight excluding hydrogens is 288 g/mol. The Morgan fingerprint density at radius 3 is 2.62 bits per heavy atom. The minimum absolute atomic E-state index is 0.203. The summed E-state index contributed by atoms with van der Waals surface area (Å²) in [6.45, 7) is 4.68. The molecule has 0 radical (unpaired) electrons. The topological polar surface area (TPSA) is 66.9 Å². The zero-order valence-corrected chi connectivity index (χ0v) is 12.7. The fourth-order valence-corrected chi connectivity index (χ4v) is 1.74. The van der Waals surface area contributed by atoms with Crippen molar-refractivity contribution in [2.45, 2.75) is 13.8 Å². The highest BCUT2D eigenvalue weighted by Gasteiger charge is 2.09. The van der Waals surface area contributed by atoms with Crippen LogP contribution < -0.4 is 10.6 Å². The summed E-state index contributed by atoms with van der Waals surface area (Å²) in [5.41, 5.74) is 1.17. The van der Waals surface area contributed by atoms with Gasteiger partial charge in [0.1, 0.15) is 17.8 Å². The van der Waals surface area contributed by atoms with Gasteiger partial charge in [0.2, 0.25) is 0 Å². The van der Waals surface area contributed by atoms with Crippen LogP contribution in [0.2, 0.25) is 5.02 Å². The van der Waals surface area contributed by atoms with Crippen molar-refractivity contribution in [2.24, 2.45) is 5.92 Å². The highest BCUT2D eigenvalue weighted by Crippen LogP contribution is 2.17. The van der Waals surface area contributed by atoms with Crippen molar-refractivity contribution < 1.29 is 4.79 Å². The molecule has 2 rings (SSSR count). The van der Waals surface area contributed by atoms with Crippen molar-refractivity contribution in [3.8, 4) is 0 Å². The van der Waals surface area contributed by atoms with Crippen LogP contribution in [0.25, 0.3) is 0 Å². The number of nitrogens with zero attached hydrogens (tertiary/aromatic N) is 2. The van der Waals surface area contributed by atoms with Crippen LogP contribution in [0.5, 0.6) is 0 Å². The monoisotopic (exact) mass is 304 g/mol. The fraction of sp³-hybridized carbons (Fsp3) is 0.267. The van der Waals surface area contributed by atoms with Gasteiger partial charge in [-0.1, -0.05) is 25.4 Å². The molecule has 6 heteroatoms. The Kier molecular flexibility index (Phi) is 5.11. The molecule has 0 aliphatic carbocycles. The molecule has 1 aromatic carbocycles. The highest BCUT2D eigenvalue weighted by atomic mass is 35.5. The van der Waals surface area contributed by atoms with Gasteiger partial charge in [-0.15, -0.1) is 0 Å². The minimum Gasteiger partial charge on any atom is -0.350 e. The van der Waals surface area contributed by atoms with Crippen molar-refractivity contribution in [2.75, 3.05) is 11.9 Å². The standard InChI is InChI=1S/C15H17ClN4O/c1-10(2)8-17-15(21)13-7-14(19-9-18-13)20-12-5-3-11(16)4-6-12/h3-7,9-10H,8H2,1-2H3,(H,17,21)(H,18,19,20). The van der Waals surface area contributed by atoms with Gasteiger partial charge in [-0.3, -0.25) is 4.79 Å². The number of benzene rings is 1. The lowest BCUT2D eigenvalue weighted by atomic mass is 10.2. The van der Waals surface area contributed by atoms with E-state index >= 15 is 0 Å². The van der Waals surface area contributed by atoms with Gasteiger partial charge in [0.25, 0.3) is 5.91 Å². The Morgan fingerprint density at radius 2 is 1.95 bits per heavy atom. The smallest absolute Gasteiger partial charge is 0.270 e. The van der Waals surface area contributed by atoms with E-state index in [-0.39, 0.29) is 5.91 Å². The SMILES string of the molecule is CC(C)CNC(=O)c1cc(Nc2ccc(Cl)cc2)ncn1. The molecule has 5 nitrogen and oxygen atoms in total. The van der Waals surface area contributed by atoms with Gasteiger partial charge < -0.3 is 10.6 Å². The number of carbonyl (C=O) groups excluding carboxylic acids is 1. The third-order valence-electron chi connectivity index (χ3n) is 2.69. The van der Waals surface area contributed by atoms with Gasteiger partial charge in [0, 0.05) is 23.3 Å². The van der Waals surface area contributed by atoms with Crippen LogP contribution in [-0.4, -0.2) is 22.4 Å². The van der Waals surface area contributed by atoms with E-state index in [9.17, 15) is 4.79 Å². The number of aromatic nitrogens is 2. The molecule has 0 aliphatic rings. The van der Waals surface area contributed by atoms with E-state index < -0.39 is 0 Å². The first-order valence-electron chi connectivity index (χ1n) is 6.67. The number of rotatable bonds is 5. The number of carbonyl (C=O) groups is 1. The molecule has 21 heavy (non-hydrogen) atoms. The molecule has 1 heterocycles. The number of hydrogen-bond donors (Lipinski definition) is 2. The first-order valence-corrected chi connectivity index (χ1v) is 7.05. The second-order valence-corrected chi connectivity index (χ2v) is 5.46. The zero-order chi connectivity index (χ0) is 15.2. The molecule has 2 N–H and O–H groups in total. The molecule has 0 bridgehead atoms. The van der Waals surface area contributed by atoms with E-state index in [0.29, 0.717) is 29.0 Å². The molecule has 0 fully saturated rings. The third kappa shape index (κ3) is 4.72. The van der Waals surface area contributed by atoms with Crippen molar-refractivity contribution in [3.05, 3.63) is 47.4 Å². The van der Waals surface area contributed by atoms with Crippen LogP contribution in [0.4, 0.5) is 11.5 Å². The first kappa shape index (κ1) is 15.3. The number of hydrogen-bond acceptors (Lipinski definition) is 4. The number of halogens is 1. The van der Waals surface area contributed by atoms with Crippen molar-refractivity contribution in [3.63, 3.8) is 0 Å². The van der Waals surface area contributed by atoms with Crippen LogP contribution >= 0.6 is 11.6 Å². The lowest BCUT2D eigenvalue weighted by Gasteiger charge is -2.09. The Labute approximate surface area is 128 Å². The largest absolute Gasteiger partial charge is 0.350 e. The van der Waals surface area contributed by atoms with E-state index in [1.165, 1.54) is 6.33 Å². The quantitative estimate of drug-likeness (QED) is 0.890. The summed E-state index contributed by atoms with van der Waals surface area (Å²) < 4.78 is 0.